The number of nitriles is 1. The monoisotopic (exact) mass is 335 g/mol. The van der Waals surface area contributed by atoms with E-state index in [1.807, 2.05) is 26.1 Å². The lowest BCUT2D eigenvalue weighted by atomic mass is 10.0. The van der Waals surface area contributed by atoms with E-state index in [1.165, 1.54) is 0 Å². The Labute approximate surface area is 147 Å². The van der Waals surface area contributed by atoms with Crippen LogP contribution in [0.4, 0.5) is 5.82 Å². The molecule has 25 heavy (non-hydrogen) atoms. The number of hydrogen-bond acceptors (Lipinski definition) is 5. The lowest BCUT2D eigenvalue weighted by Crippen LogP contribution is -2.36. The average Bonchev–Trinajstić information content (AvgIpc) is 3.05. The summed E-state index contributed by atoms with van der Waals surface area (Å²) in [6.45, 7) is 11.0. The summed E-state index contributed by atoms with van der Waals surface area (Å²) in [6.07, 6.45) is 7.08. The Morgan fingerprint density at radius 3 is 2.76 bits per heavy atom. The Kier molecular flexibility index (Phi) is 4.96. The fourth-order valence-corrected chi connectivity index (χ4v) is 2.90. The molecule has 0 aliphatic carbocycles. The maximum Gasteiger partial charge on any atom is 0.143 e. The first-order valence-electron chi connectivity index (χ1n) is 8.21. The van der Waals surface area contributed by atoms with Gasteiger partial charge in [-0.3, -0.25) is 0 Å². The van der Waals surface area contributed by atoms with Gasteiger partial charge in [0.15, 0.2) is 0 Å². The van der Waals surface area contributed by atoms with Crippen molar-refractivity contribution in [1.29, 1.82) is 5.26 Å². The van der Waals surface area contributed by atoms with Crippen molar-refractivity contribution >= 4 is 22.4 Å². The quantitative estimate of drug-likeness (QED) is 0.685. The van der Waals surface area contributed by atoms with Crippen molar-refractivity contribution in [1.82, 2.24) is 15.0 Å². The van der Waals surface area contributed by atoms with Crippen molar-refractivity contribution < 1.29 is 4.74 Å². The molecule has 0 amide bonds. The highest BCUT2D eigenvalue weighted by atomic mass is 16.5. The number of anilines is 1. The molecule has 0 saturated carbocycles. The normalized spacial score (nSPS) is 15.1. The maximum absolute atomic E-state index is 9.33. The molecule has 1 N–H and O–H groups in total. The number of allylic oxidation sites excluding steroid dienone is 5. The van der Waals surface area contributed by atoms with E-state index in [0.29, 0.717) is 18.8 Å². The van der Waals surface area contributed by atoms with Crippen LogP contribution in [0.25, 0.3) is 16.6 Å². The number of aromatic nitrogens is 3. The fourth-order valence-electron chi connectivity index (χ4n) is 2.90. The van der Waals surface area contributed by atoms with Crippen LogP contribution < -0.4 is 4.90 Å². The van der Waals surface area contributed by atoms with Gasteiger partial charge in [-0.1, -0.05) is 12.2 Å². The molecule has 6 nitrogen and oxygen atoms in total. The van der Waals surface area contributed by atoms with Crippen molar-refractivity contribution in [2.75, 3.05) is 31.2 Å². The molecular weight excluding hydrogens is 314 g/mol. The van der Waals surface area contributed by atoms with Gasteiger partial charge in [0, 0.05) is 24.8 Å². The van der Waals surface area contributed by atoms with Gasteiger partial charge in [-0.05, 0) is 31.6 Å². The predicted molar refractivity (Wildman–Crippen MR) is 99.1 cm³/mol. The van der Waals surface area contributed by atoms with Crippen LogP contribution in [0, 0.1) is 11.3 Å². The first-order valence-corrected chi connectivity index (χ1v) is 8.21. The van der Waals surface area contributed by atoms with Crippen molar-refractivity contribution in [3.63, 3.8) is 0 Å². The van der Waals surface area contributed by atoms with Crippen LogP contribution in [0.3, 0.4) is 0 Å². The van der Waals surface area contributed by atoms with Gasteiger partial charge in [-0.15, -0.1) is 0 Å². The molecule has 3 rings (SSSR count). The van der Waals surface area contributed by atoms with E-state index < -0.39 is 0 Å². The zero-order valence-electron chi connectivity index (χ0n) is 14.5. The number of morpholine rings is 1. The van der Waals surface area contributed by atoms with Gasteiger partial charge in [0.1, 0.15) is 17.8 Å². The summed E-state index contributed by atoms with van der Waals surface area (Å²) >= 11 is 0. The summed E-state index contributed by atoms with van der Waals surface area (Å²) in [5.74, 6) is 0.875. The molecule has 1 aliphatic rings. The summed E-state index contributed by atoms with van der Waals surface area (Å²) in [7, 11) is 0. The van der Waals surface area contributed by atoms with Crippen LogP contribution in [-0.2, 0) is 4.74 Å². The van der Waals surface area contributed by atoms with Crippen LogP contribution in [0.2, 0.25) is 0 Å². The van der Waals surface area contributed by atoms with Crippen LogP contribution in [0.1, 0.15) is 19.4 Å². The summed E-state index contributed by atoms with van der Waals surface area (Å²) in [6, 6.07) is 2.21. The van der Waals surface area contributed by atoms with Gasteiger partial charge in [0.25, 0.3) is 0 Å². The van der Waals surface area contributed by atoms with Gasteiger partial charge in [0.2, 0.25) is 0 Å². The third-order valence-corrected chi connectivity index (χ3v) is 4.01. The highest BCUT2D eigenvalue weighted by Gasteiger charge is 2.19. The SMILES string of the molecule is C=C(/C=C(/C#N)C=C(C)C)c1c[nH]c2ncnc(N3CCOCC3)c12. The number of fused-ring (bicyclic) bond motifs is 1. The molecule has 0 aromatic carbocycles. The Hall–Kier alpha value is -2.91. The summed E-state index contributed by atoms with van der Waals surface area (Å²) in [5.41, 5.74) is 4.07. The molecule has 0 unspecified atom stereocenters. The van der Waals surface area contributed by atoms with E-state index in [-0.39, 0.29) is 0 Å². The van der Waals surface area contributed by atoms with Crippen molar-refractivity contribution in [3.8, 4) is 6.07 Å². The van der Waals surface area contributed by atoms with E-state index in [4.69, 9.17) is 4.74 Å². The summed E-state index contributed by atoms with van der Waals surface area (Å²) in [5, 5.41) is 10.3. The Balaban J connectivity index is 2.05. The number of nitrogens with zero attached hydrogens (tertiary/aromatic N) is 4. The lowest BCUT2D eigenvalue weighted by molar-refractivity contribution is 0.122. The third-order valence-electron chi connectivity index (χ3n) is 4.01. The zero-order valence-corrected chi connectivity index (χ0v) is 14.5. The molecule has 6 heteroatoms. The topological polar surface area (TPSA) is 77.8 Å². The molecule has 2 aromatic heterocycles. The Morgan fingerprint density at radius 2 is 2.08 bits per heavy atom. The second-order valence-corrected chi connectivity index (χ2v) is 6.18. The molecule has 1 aliphatic heterocycles. The molecule has 2 aromatic rings. The maximum atomic E-state index is 9.33. The number of nitrogens with one attached hydrogen (secondary N) is 1. The molecule has 1 fully saturated rings. The van der Waals surface area contributed by atoms with E-state index >= 15 is 0 Å². The van der Waals surface area contributed by atoms with Gasteiger partial charge in [-0.25, -0.2) is 9.97 Å². The van der Waals surface area contributed by atoms with E-state index in [1.54, 1.807) is 12.4 Å². The van der Waals surface area contributed by atoms with Crippen molar-refractivity contribution in [2.45, 2.75) is 13.8 Å². The first-order chi connectivity index (χ1) is 12.1. The molecule has 3 heterocycles. The Bertz CT molecular complexity index is 890. The zero-order chi connectivity index (χ0) is 17.8. The van der Waals surface area contributed by atoms with Gasteiger partial charge in [-0.2, -0.15) is 5.26 Å². The lowest BCUT2D eigenvalue weighted by Gasteiger charge is -2.28. The molecule has 0 atom stereocenters. The van der Waals surface area contributed by atoms with Crippen molar-refractivity contribution in [2.24, 2.45) is 0 Å². The summed E-state index contributed by atoms with van der Waals surface area (Å²) < 4.78 is 5.43. The number of hydrogen-bond donors (Lipinski definition) is 1. The molecule has 0 spiro atoms. The number of aromatic amines is 1. The van der Waals surface area contributed by atoms with Gasteiger partial charge < -0.3 is 14.6 Å². The van der Waals surface area contributed by atoms with Gasteiger partial charge in [0.05, 0.1) is 30.2 Å². The Morgan fingerprint density at radius 1 is 1.32 bits per heavy atom. The second kappa shape index (κ2) is 7.32. The minimum Gasteiger partial charge on any atom is -0.378 e. The molecule has 128 valence electrons. The highest BCUT2D eigenvalue weighted by Crippen LogP contribution is 2.31. The average molecular weight is 335 g/mol. The third kappa shape index (κ3) is 3.62. The molecular formula is C19H21N5O. The minimum absolute atomic E-state index is 0.573. The molecule has 1 saturated heterocycles. The van der Waals surface area contributed by atoms with E-state index in [0.717, 1.165) is 46.7 Å². The first kappa shape index (κ1) is 16.9. The van der Waals surface area contributed by atoms with Gasteiger partial charge >= 0.3 is 0 Å². The largest absolute Gasteiger partial charge is 0.378 e. The number of ether oxygens (including phenoxy) is 1. The number of rotatable bonds is 4. The summed E-state index contributed by atoms with van der Waals surface area (Å²) in [4.78, 5) is 14.2. The minimum atomic E-state index is 0.573. The van der Waals surface area contributed by atoms with Crippen LogP contribution >= 0.6 is 0 Å². The second-order valence-electron chi connectivity index (χ2n) is 6.18. The van der Waals surface area contributed by atoms with Crippen LogP contribution in [-0.4, -0.2) is 41.3 Å². The molecule has 0 radical (unpaired) electrons. The highest BCUT2D eigenvalue weighted by molar-refractivity contribution is 5.99. The van der Waals surface area contributed by atoms with Crippen LogP contribution in [0.15, 0.2) is 42.4 Å². The molecule has 0 bridgehead atoms. The fraction of sp³-hybridized carbons (Fsp3) is 0.316. The number of H-pyrrole nitrogens is 1. The predicted octanol–water partition coefficient (Wildman–Crippen LogP) is 3.22. The van der Waals surface area contributed by atoms with Crippen LogP contribution in [0.5, 0.6) is 0 Å². The van der Waals surface area contributed by atoms with E-state index in [2.05, 4.69) is 32.5 Å². The van der Waals surface area contributed by atoms with Crippen molar-refractivity contribution in [3.05, 3.63) is 48.0 Å². The van der Waals surface area contributed by atoms with E-state index in [9.17, 15) is 5.26 Å². The smallest absolute Gasteiger partial charge is 0.143 e. The standard InChI is InChI=1S/C19H21N5O/c1-13(2)8-15(10-20)9-14(3)16-11-21-18-17(16)19(23-12-22-18)24-4-6-25-7-5-24/h8-9,11-12H,3-7H2,1-2H3,(H,21,22,23)/b15-9+.